The van der Waals surface area contributed by atoms with E-state index in [0.717, 1.165) is 45.1 Å². The Bertz CT molecular complexity index is 1010. The summed E-state index contributed by atoms with van der Waals surface area (Å²) in [4.78, 5) is 36.2. The number of benzene rings is 1. The van der Waals surface area contributed by atoms with Gasteiger partial charge in [0.25, 0.3) is 5.91 Å². The van der Waals surface area contributed by atoms with Crippen LogP contribution in [-0.2, 0) is 5.54 Å². The number of likely N-dealkylation sites (tertiary alicyclic amines) is 1. The molecular weight excluding hydrogens is 426 g/mol. The molecule has 3 amide bonds. The van der Waals surface area contributed by atoms with Gasteiger partial charge in [-0.3, -0.25) is 14.7 Å². The number of urea groups is 1. The van der Waals surface area contributed by atoms with Crippen LogP contribution in [-0.4, -0.2) is 76.9 Å². The van der Waals surface area contributed by atoms with E-state index in [1.165, 1.54) is 5.56 Å². The van der Waals surface area contributed by atoms with Crippen molar-refractivity contribution in [3.05, 3.63) is 66.0 Å². The zero-order valence-corrected chi connectivity index (χ0v) is 20.2. The number of hydrogen-bond donors (Lipinski definition) is 1. The molecule has 3 heterocycles. The van der Waals surface area contributed by atoms with E-state index < -0.39 is 0 Å². The molecule has 0 atom stereocenters. The molecule has 7 heteroatoms. The number of pyridine rings is 1. The van der Waals surface area contributed by atoms with Gasteiger partial charge in [-0.1, -0.05) is 30.3 Å². The zero-order chi connectivity index (χ0) is 23.8. The van der Waals surface area contributed by atoms with Gasteiger partial charge in [0.1, 0.15) is 0 Å². The molecule has 2 aromatic rings. The van der Waals surface area contributed by atoms with E-state index >= 15 is 0 Å². The highest BCUT2D eigenvalue weighted by atomic mass is 16.2. The number of piperidine rings is 1. The highest BCUT2D eigenvalue weighted by Gasteiger charge is 2.51. The summed E-state index contributed by atoms with van der Waals surface area (Å²) in [7, 11) is 4.34. The monoisotopic (exact) mass is 461 g/mol. The third-order valence-corrected chi connectivity index (χ3v) is 8.43. The molecule has 180 valence electrons. The van der Waals surface area contributed by atoms with E-state index in [-0.39, 0.29) is 29.1 Å². The van der Waals surface area contributed by atoms with E-state index in [4.69, 9.17) is 0 Å². The SMILES string of the molecule is CN(C)[C@]1(c2ccccc2)CC[C@@]2(CC1)CN(C1CCN(C(=O)c3ccncc3)CC1)C(=O)N2. The van der Waals surface area contributed by atoms with Crippen LogP contribution >= 0.6 is 0 Å². The summed E-state index contributed by atoms with van der Waals surface area (Å²) >= 11 is 0. The molecule has 0 radical (unpaired) electrons. The van der Waals surface area contributed by atoms with E-state index in [0.29, 0.717) is 18.7 Å². The van der Waals surface area contributed by atoms with Crippen LogP contribution in [0, 0.1) is 0 Å². The predicted octanol–water partition coefficient (Wildman–Crippen LogP) is 3.48. The molecule has 1 spiro atoms. The Morgan fingerprint density at radius 2 is 1.65 bits per heavy atom. The van der Waals surface area contributed by atoms with Crippen LogP contribution in [0.1, 0.15) is 54.4 Å². The molecule has 7 nitrogen and oxygen atoms in total. The molecule has 1 aliphatic carbocycles. The van der Waals surface area contributed by atoms with Crippen LogP contribution < -0.4 is 5.32 Å². The van der Waals surface area contributed by atoms with Crippen LogP contribution in [0.4, 0.5) is 4.79 Å². The first-order chi connectivity index (χ1) is 16.4. The van der Waals surface area contributed by atoms with Gasteiger partial charge in [-0.25, -0.2) is 4.79 Å². The summed E-state index contributed by atoms with van der Waals surface area (Å²) in [6.45, 7) is 2.13. The molecule has 1 N–H and O–H groups in total. The quantitative estimate of drug-likeness (QED) is 0.757. The fourth-order valence-corrected chi connectivity index (χ4v) is 6.26. The van der Waals surface area contributed by atoms with E-state index in [1.807, 2.05) is 4.90 Å². The second-order valence-corrected chi connectivity index (χ2v) is 10.4. The molecule has 0 unspecified atom stereocenters. The second-order valence-electron chi connectivity index (χ2n) is 10.4. The van der Waals surface area contributed by atoms with Crippen molar-refractivity contribution >= 4 is 11.9 Å². The minimum absolute atomic E-state index is 0.0172. The normalized spacial score (nSPS) is 27.9. The zero-order valence-electron chi connectivity index (χ0n) is 20.2. The van der Waals surface area contributed by atoms with Gasteiger partial charge in [-0.15, -0.1) is 0 Å². The maximum Gasteiger partial charge on any atom is 0.318 e. The van der Waals surface area contributed by atoms with Crippen molar-refractivity contribution in [2.75, 3.05) is 33.7 Å². The lowest BCUT2D eigenvalue weighted by molar-refractivity contribution is 0.0551. The van der Waals surface area contributed by atoms with Gasteiger partial charge >= 0.3 is 6.03 Å². The van der Waals surface area contributed by atoms with Crippen LogP contribution in [0.25, 0.3) is 0 Å². The van der Waals surface area contributed by atoms with E-state index in [2.05, 4.69) is 64.5 Å². The molecule has 2 saturated heterocycles. The van der Waals surface area contributed by atoms with Crippen molar-refractivity contribution in [2.24, 2.45) is 0 Å². The Kier molecular flexibility index (Phi) is 6.06. The van der Waals surface area contributed by atoms with E-state index in [9.17, 15) is 9.59 Å². The minimum Gasteiger partial charge on any atom is -0.338 e. The van der Waals surface area contributed by atoms with Gasteiger partial charge in [0.15, 0.2) is 0 Å². The number of nitrogens with zero attached hydrogens (tertiary/aromatic N) is 4. The Morgan fingerprint density at radius 1 is 1.00 bits per heavy atom. The fourth-order valence-electron chi connectivity index (χ4n) is 6.26. The third-order valence-electron chi connectivity index (χ3n) is 8.43. The third kappa shape index (κ3) is 4.06. The van der Waals surface area contributed by atoms with Crippen molar-refractivity contribution in [1.82, 2.24) is 25.0 Å². The van der Waals surface area contributed by atoms with Crippen molar-refractivity contribution in [3.63, 3.8) is 0 Å². The van der Waals surface area contributed by atoms with Crippen LogP contribution in [0.15, 0.2) is 54.9 Å². The molecule has 5 rings (SSSR count). The highest BCUT2D eigenvalue weighted by molar-refractivity contribution is 5.94. The van der Waals surface area contributed by atoms with Gasteiger partial charge in [-0.05, 0) is 70.3 Å². The van der Waals surface area contributed by atoms with Gasteiger partial charge in [0, 0.05) is 49.2 Å². The Balaban J connectivity index is 1.21. The smallest absolute Gasteiger partial charge is 0.318 e. The number of carbonyl (C=O) groups is 2. The molecule has 3 aliphatic rings. The van der Waals surface area contributed by atoms with Crippen molar-refractivity contribution in [1.29, 1.82) is 0 Å². The lowest BCUT2D eigenvalue weighted by Gasteiger charge is -2.49. The molecule has 1 saturated carbocycles. The highest BCUT2D eigenvalue weighted by Crippen LogP contribution is 2.46. The largest absolute Gasteiger partial charge is 0.338 e. The van der Waals surface area contributed by atoms with Crippen molar-refractivity contribution < 1.29 is 9.59 Å². The first-order valence-electron chi connectivity index (χ1n) is 12.4. The first-order valence-corrected chi connectivity index (χ1v) is 12.4. The van der Waals surface area contributed by atoms with Gasteiger partial charge in [0.2, 0.25) is 0 Å². The van der Waals surface area contributed by atoms with Crippen molar-refractivity contribution in [2.45, 2.75) is 55.6 Å². The molecular formula is C27H35N5O2. The summed E-state index contributed by atoms with van der Waals surface area (Å²) in [5, 5.41) is 3.39. The number of carbonyl (C=O) groups excluding carboxylic acids is 2. The van der Waals surface area contributed by atoms with Crippen LogP contribution in [0.5, 0.6) is 0 Å². The summed E-state index contributed by atoms with van der Waals surface area (Å²) in [6.07, 6.45) is 8.96. The summed E-state index contributed by atoms with van der Waals surface area (Å²) in [5.74, 6) is 0.0522. The predicted molar refractivity (Wildman–Crippen MR) is 131 cm³/mol. The van der Waals surface area contributed by atoms with Gasteiger partial charge in [0.05, 0.1) is 5.54 Å². The lowest BCUT2D eigenvalue weighted by atomic mass is 9.69. The van der Waals surface area contributed by atoms with Crippen LogP contribution in [0.3, 0.4) is 0 Å². The Labute approximate surface area is 202 Å². The average molecular weight is 462 g/mol. The molecule has 1 aromatic heterocycles. The Morgan fingerprint density at radius 3 is 2.26 bits per heavy atom. The van der Waals surface area contributed by atoms with E-state index in [1.54, 1.807) is 24.5 Å². The fraction of sp³-hybridized carbons (Fsp3) is 0.519. The summed E-state index contributed by atoms with van der Waals surface area (Å²) in [5.41, 5.74) is 1.91. The van der Waals surface area contributed by atoms with Crippen molar-refractivity contribution in [3.8, 4) is 0 Å². The maximum atomic E-state index is 13.1. The molecule has 3 fully saturated rings. The topological polar surface area (TPSA) is 68.8 Å². The molecule has 2 aliphatic heterocycles. The van der Waals surface area contributed by atoms with Crippen LogP contribution in [0.2, 0.25) is 0 Å². The second kappa shape index (κ2) is 9.02. The minimum atomic E-state index is -0.143. The number of hydrogen-bond acceptors (Lipinski definition) is 4. The Hall–Kier alpha value is -2.93. The average Bonchev–Trinajstić information content (AvgIpc) is 3.20. The number of nitrogens with one attached hydrogen (secondary N) is 1. The number of aromatic nitrogens is 1. The molecule has 34 heavy (non-hydrogen) atoms. The standard InChI is InChI=1S/C27H35N5O2/c1-30(2)27(22-6-4-3-5-7-22)14-12-26(13-15-27)20-32(25(34)29-26)23-10-18-31(19-11-23)24(33)21-8-16-28-17-9-21/h3-9,16-17,23H,10-15,18-20H2,1-2H3,(H,29,34)/t26-,27-. The van der Waals surface area contributed by atoms with Gasteiger partial charge < -0.3 is 15.1 Å². The first kappa shape index (κ1) is 22.8. The number of amides is 3. The summed E-state index contributed by atoms with van der Waals surface area (Å²) < 4.78 is 0. The molecule has 0 bridgehead atoms. The molecule has 1 aromatic carbocycles. The lowest BCUT2D eigenvalue weighted by Crippen LogP contribution is -2.54. The summed E-state index contributed by atoms with van der Waals surface area (Å²) in [6, 6.07) is 14.6. The van der Waals surface area contributed by atoms with Gasteiger partial charge in [-0.2, -0.15) is 0 Å². The maximum absolute atomic E-state index is 13.1. The number of rotatable bonds is 4.